The van der Waals surface area contributed by atoms with Crippen molar-refractivity contribution in [3.63, 3.8) is 0 Å². The Morgan fingerprint density at radius 1 is 1.16 bits per heavy atom. The van der Waals surface area contributed by atoms with Gasteiger partial charge in [0, 0.05) is 13.1 Å². The van der Waals surface area contributed by atoms with Gasteiger partial charge in [-0.1, -0.05) is 0 Å². The van der Waals surface area contributed by atoms with Gasteiger partial charge in [0.2, 0.25) is 5.95 Å². The molecule has 0 aliphatic heterocycles. The van der Waals surface area contributed by atoms with E-state index in [1.807, 2.05) is 6.07 Å². The van der Waals surface area contributed by atoms with E-state index in [-0.39, 0.29) is 11.6 Å². The Kier molecular flexibility index (Phi) is 4.26. The van der Waals surface area contributed by atoms with Gasteiger partial charge < -0.3 is 10.6 Å². The summed E-state index contributed by atoms with van der Waals surface area (Å²) in [6, 6.07) is 5.15. The summed E-state index contributed by atoms with van der Waals surface area (Å²) in [5, 5.41) is 18.9. The summed E-state index contributed by atoms with van der Waals surface area (Å²) in [5.74, 6) is -0.726. The Hall–Kier alpha value is -3.54. The van der Waals surface area contributed by atoms with Crippen molar-refractivity contribution in [1.82, 2.24) is 19.7 Å². The highest BCUT2D eigenvalue weighted by atomic mass is 19.1. The zero-order chi connectivity index (χ0) is 18.0. The average molecular weight is 341 g/mol. The van der Waals surface area contributed by atoms with Crippen LogP contribution in [0, 0.1) is 29.9 Å². The molecule has 2 heterocycles. The van der Waals surface area contributed by atoms with Crippen LogP contribution in [-0.2, 0) is 0 Å². The van der Waals surface area contributed by atoms with E-state index in [0.29, 0.717) is 22.8 Å². The van der Waals surface area contributed by atoms with Crippen LogP contribution < -0.4 is 10.6 Å². The van der Waals surface area contributed by atoms with E-state index in [1.165, 1.54) is 29.2 Å². The predicted octanol–water partition coefficient (Wildman–Crippen LogP) is 2.91. The first-order valence-electron chi connectivity index (χ1n) is 7.25. The van der Waals surface area contributed by atoms with Crippen molar-refractivity contribution in [2.24, 2.45) is 0 Å². The monoisotopic (exact) mass is 341 g/mol. The summed E-state index contributed by atoms with van der Waals surface area (Å²) < 4.78 is 28.2. The zero-order valence-corrected chi connectivity index (χ0v) is 13.4. The van der Waals surface area contributed by atoms with E-state index >= 15 is 0 Å². The molecule has 0 radical (unpaired) electrons. The molecule has 0 aliphatic rings. The summed E-state index contributed by atoms with van der Waals surface area (Å²) in [6.07, 6.45) is 2.89. The number of anilines is 3. The molecule has 7 nitrogen and oxygen atoms in total. The molecular weight excluding hydrogens is 328 g/mol. The van der Waals surface area contributed by atoms with Gasteiger partial charge in [-0.15, -0.1) is 0 Å². The van der Waals surface area contributed by atoms with Gasteiger partial charge in [-0.25, -0.2) is 18.4 Å². The van der Waals surface area contributed by atoms with Gasteiger partial charge in [0.05, 0.1) is 29.5 Å². The number of benzene rings is 1. The quantitative estimate of drug-likeness (QED) is 0.758. The molecule has 0 atom stereocenters. The zero-order valence-electron chi connectivity index (χ0n) is 13.4. The number of halogens is 2. The minimum absolute atomic E-state index is 0.261. The largest absolute Gasteiger partial charge is 0.372 e. The molecule has 0 saturated carbocycles. The molecule has 0 fully saturated rings. The number of rotatable bonds is 4. The highest BCUT2D eigenvalue weighted by Crippen LogP contribution is 2.23. The number of aromatic nitrogens is 4. The molecule has 0 bridgehead atoms. The average Bonchev–Trinajstić information content (AvgIpc) is 2.94. The molecule has 0 unspecified atom stereocenters. The second kappa shape index (κ2) is 6.52. The van der Waals surface area contributed by atoms with Crippen LogP contribution in [0.25, 0.3) is 5.69 Å². The maximum absolute atomic E-state index is 13.4. The first-order valence-corrected chi connectivity index (χ1v) is 7.25. The van der Waals surface area contributed by atoms with Crippen molar-refractivity contribution >= 4 is 17.5 Å². The molecule has 1 aromatic carbocycles. The van der Waals surface area contributed by atoms with Gasteiger partial charge in [-0.3, -0.25) is 0 Å². The van der Waals surface area contributed by atoms with E-state index in [0.717, 1.165) is 6.07 Å². The molecule has 25 heavy (non-hydrogen) atoms. The summed E-state index contributed by atoms with van der Waals surface area (Å²) >= 11 is 0. The Morgan fingerprint density at radius 2 is 1.88 bits per heavy atom. The van der Waals surface area contributed by atoms with Gasteiger partial charge in [-0.05, 0) is 19.1 Å². The molecule has 126 valence electrons. The minimum Gasteiger partial charge on any atom is -0.372 e. The van der Waals surface area contributed by atoms with E-state index in [4.69, 9.17) is 5.26 Å². The van der Waals surface area contributed by atoms with Gasteiger partial charge in [0.25, 0.3) is 0 Å². The van der Waals surface area contributed by atoms with Crippen molar-refractivity contribution in [3.05, 3.63) is 53.5 Å². The smallest absolute Gasteiger partial charge is 0.229 e. The van der Waals surface area contributed by atoms with Gasteiger partial charge in [-0.2, -0.15) is 15.3 Å². The standard InChI is InChI=1S/C16H13F2N7/c1-9-14(23-16-21-7-10(6-19)15(20-2)24-16)8-22-25(9)13-4-11(17)3-12(18)5-13/h3-5,7-8H,1-2H3,(H2,20,21,23,24). The van der Waals surface area contributed by atoms with Crippen LogP contribution in [0.5, 0.6) is 0 Å². The Labute approximate surface area is 142 Å². The van der Waals surface area contributed by atoms with Crippen molar-refractivity contribution in [3.8, 4) is 11.8 Å². The fourth-order valence-corrected chi connectivity index (χ4v) is 2.29. The molecular formula is C16H13F2N7. The van der Waals surface area contributed by atoms with E-state index in [2.05, 4.69) is 25.7 Å². The molecule has 0 spiro atoms. The van der Waals surface area contributed by atoms with E-state index in [9.17, 15) is 8.78 Å². The van der Waals surface area contributed by atoms with E-state index < -0.39 is 11.6 Å². The first-order chi connectivity index (χ1) is 12.0. The Morgan fingerprint density at radius 3 is 2.52 bits per heavy atom. The van der Waals surface area contributed by atoms with Gasteiger partial charge in [0.15, 0.2) is 0 Å². The van der Waals surface area contributed by atoms with Crippen LogP contribution in [0.2, 0.25) is 0 Å². The lowest BCUT2D eigenvalue weighted by Crippen LogP contribution is -2.04. The summed E-state index contributed by atoms with van der Waals surface area (Å²) in [4.78, 5) is 8.26. The van der Waals surface area contributed by atoms with Crippen LogP contribution >= 0.6 is 0 Å². The van der Waals surface area contributed by atoms with Crippen LogP contribution in [0.1, 0.15) is 11.3 Å². The number of nitrogens with one attached hydrogen (secondary N) is 2. The summed E-state index contributed by atoms with van der Waals surface area (Å²) in [7, 11) is 1.65. The van der Waals surface area contributed by atoms with Crippen LogP contribution in [0.3, 0.4) is 0 Å². The first kappa shape index (κ1) is 16.3. The second-order valence-corrected chi connectivity index (χ2v) is 5.13. The second-order valence-electron chi connectivity index (χ2n) is 5.13. The van der Waals surface area contributed by atoms with Crippen LogP contribution in [0.15, 0.2) is 30.6 Å². The van der Waals surface area contributed by atoms with Crippen LogP contribution in [0.4, 0.5) is 26.2 Å². The highest BCUT2D eigenvalue weighted by Gasteiger charge is 2.12. The molecule has 3 rings (SSSR count). The predicted molar refractivity (Wildman–Crippen MR) is 87.8 cm³/mol. The van der Waals surface area contributed by atoms with Gasteiger partial charge >= 0.3 is 0 Å². The van der Waals surface area contributed by atoms with Crippen molar-refractivity contribution in [1.29, 1.82) is 5.26 Å². The third-order valence-corrected chi connectivity index (χ3v) is 3.49. The summed E-state index contributed by atoms with van der Waals surface area (Å²) in [6.45, 7) is 1.74. The number of nitriles is 1. The number of hydrogen-bond acceptors (Lipinski definition) is 6. The van der Waals surface area contributed by atoms with Crippen molar-refractivity contribution in [2.75, 3.05) is 17.7 Å². The Balaban J connectivity index is 1.93. The fourth-order valence-electron chi connectivity index (χ4n) is 2.29. The maximum Gasteiger partial charge on any atom is 0.229 e. The summed E-state index contributed by atoms with van der Waals surface area (Å²) in [5.41, 5.74) is 1.76. The molecule has 0 aliphatic carbocycles. The lowest BCUT2D eigenvalue weighted by molar-refractivity contribution is 0.579. The molecule has 0 amide bonds. The topological polar surface area (TPSA) is 91.4 Å². The minimum atomic E-state index is -0.687. The lowest BCUT2D eigenvalue weighted by Gasteiger charge is -2.08. The number of hydrogen-bond donors (Lipinski definition) is 2. The van der Waals surface area contributed by atoms with E-state index in [1.54, 1.807) is 14.0 Å². The lowest BCUT2D eigenvalue weighted by atomic mass is 10.3. The Bertz CT molecular complexity index is 955. The fraction of sp³-hybridized carbons (Fsp3) is 0.125. The molecule has 0 saturated heterocycles. The molecule has 3 aromatic rings. The van der Waals surface area contributed by atoms with Crippen molar-refractivity contribution < 1.29 is 8.78 Å². The SMILES string of the molecule is CNc1nc(Nc2cnn(-c3cc(F)cc(F)c3)c2C)ncc1C#N. The van der Waals surface area contributed by atoms with Gasteiger partial charge in [0.1, 0.15) is 29.1 Å². The normalized spacial score (nSPS) is 10.4. The van der Waals surface area contributed by atoms with Crippen LogP contribution in [-0.4, -0.2) is 26.8 Å². The highest BCUT2D eigenvalue weighted by molar-refractivity contribution is 5.60. The van der Waals surface area contributed by atoms with Crippen molar-refractivity contribution in [2.45, 2.75) is 6.92 Å². The molecule has 2 aromatic heterocycles. The maximum atomic E-state index is 13.4. The molecule has 9 heteroatoms. The number of nitrogens with zero attached hydrogens (tertiary/aromatic N) is 5. The third kappa shape index (κ3) is 3.23. The third-order valence-electron chi connectivity index (χ3n) is 3.49. The molecule has 2 N–H and O–H groups in total.